The third-order valence-electron chi connectivity index (χ3n) is 5.87. The van der Waals surface area contributed by atoms with Gasteiger partial charge in [0.25, 0.3) is 5.91 Å². The summed E-state index contributed by atoms with van der Waals surface area (Å²) in [6.45, 7) is 2.25. The number of sulfone groups is 1. The zero-order valence-electron chi connectivity index (χ0n) is 17.0. The number of piperazine rings is 1. The third-order valence-corrected chi connectivity index (χ3v) is 7.57. The molecule has 7 nitrogen and oxygen atoms in total. The zero-order chi connectivity index (χ0) is 20.9. The van der Waals surface area contributed by atoms with Crippen molar-refractivity contribution in [2.24, 2.45) is 5.92 Å². The summed E-state index contributed by atoms with van der Waals surface area (Å²) in [6, 6.07) is 6.05. The standard InChI is InChI=1S/C21H30N2O5S/c1-28-14-15-29(26,27)19-8-6-18(7-9-19)21(25)23-12-10-22(11-13-23)20(24)16-17-4-2-3-5-17/h6-9,17H,2-5,10-16H2,1H3. The van der Waals surface area contributed by atoms with Crippen LogP contribution in [-0.4, -0.2) is 75.7 Å². The fraction of sp³-hybridized carbons (Fsp3) is 0.619. The second-order valence-corrected chi connectivity index (χ2v) is 9.97. The summed E-state index contributed by atoms with van der Waals surface area (Å²) in [6.07, 6.45) is 5.40. The quantitative estimate of drug-likeness (QED) is 0.671. The number of benzene rings is 1. The van der Waals surface area contributed by atoms with E-state index >= 15 is 0 Å². The monoisotopic (exact) mass is 422 g/mol. The second-order valence-electron chi connectivity index (χ2n) is 7.86. The number of methoxy groups -OCH3 is 1. The van der Waals surface area contributed by atoms with Crippen LogP contribution in [0.3, 0.4) is 0 Å². The Morgan fingerprint density at radius 1 is 1.00 bits per heavy atom. The molecule has 0 bridgehead atoms. The summed E-state index contributed by atoms with van der Waals surface area (Å²) in [5, 5.41) is 0. The Morgan fingerprint density at radius 3 is 2.17 bits per heavy atom. The lowest BCUT2D eigenvalue weighted by atomic mass is 10.0. The molecule has 0 radical (unpaired) electrons. The van der Waals surface area contributed by atoms with E-state index < -0.39 is 9.84 Å². The molecule has 29 heavy (non-hydrogen) atoms. The van der Waals surface area contributed by atoms with Crippen LogP contribution in [-0.2, 0) is 19.4 Å². The van der Waals surface area contributed by atoms with Crippen LogP contribution < -0.4 is 0 Å². The normalized spacial score (nSPS) is 18.2. The molecule has 0 atom stereocenters. The van der Waals surface area contributed by atoms with Crippen LogP contribution in [0.4, 0.5) is 0 Å². The number of carbonyl (C=O) groups excluding carboxylic acids is 2. The Hall–Kier alpha value is -1.93. The van der Waals surface area contributed by atoms with Gasteiger partial charge in [-0.2, -0.15) is 0 Å². The third kappa shape index (κ3) is 5.57. The van der Waals surface area contributed by atoms with E-state index in [0.717, 1.165) is 12.8 Å². The summed E-state index contributed by atoms with van der Waals surface area (Å²) in [5.74, 6) is 0.511. The Balaban J connectivity index is 1.53. The number of ether oxygens (including phenoxy) is 1. The van der Waals surface area contributed by atoms with Gasteiger partial charge in [0.05, 0.1) is 17.3 Å². The van der Waals surface area contributed by atoms with Gasteiger partial charge in [0.1, 0.15) is 0 Å². The first-order valence-electron chi connectivity index (χ1n) is 10.3. The molecule has 1 saturated heterocycles. The topological polar surface area (TPSA) is 84.0 Å². The van der Waals surface area contributed by atoms with Gasteiger partial charge in [-0.15, -0.1) is 0 Å². The van der Waals surface area contributed by atoms with Crippen molar-refractivity contribution < 1.29 is 22.7 Å². The van der Waals surface area contributed by atoms with Gasteiger partial charge >= 0.3 is 0 Å². The van der Waals surface area contributed by atoms with Crippen LogP contribution in [0.1, 0.15) is 42.5 Å². The molecule has 2 amide bonds. The lowest BCUT2D eigenvalue weighted by Crippen LogP contribution is -2.50. The maximum Gasteiger partial charge on any atom is 0.253 e. The number of hydrogen-bond acceptors (Lipinski definition) is 5. The minimum absolute atomic E-state index is 0.0896. The summed E-state index contributed by atoms with van der Waals surface area (Å²) in [4.78, 5) is 29.0. The van der Waals surface area contributed by atoms with Gasteiger partial charge in [0, 0.05) is 45.3 Å². The molecule has 0 unspecified atom stereocenters. The number of amides is 2. The van der Waals surface area contributed by atoms with Gasteiger partial charge in [-0.25, -0.2) is 8.42 Å². The van der Waals surface area contributed by atoms with Gasteiger partial charge in [-0.05, 0) is 43.0 Å². The van der Waals surface area contributed by atoms with Gasteiger partial charge in [-0.3, -0.25) is 9.59 Å². The highest BCUT2D eigenvalue weighted by Crippen LogP contribution is 2.28. The molecule has 1 saturated carbocycles. The number of nitrogens with zero attached hydrogens (tertiary/aromatic N) is 2. The summed E-state index contributed by atoms with van der Waals surface area (Å²) < 4.78 is 29.2. The maximum atomic E-state index is 12.7. The summed E-state index contributed by atoms with van der Waals surface area (Å²) in [7, 11) is -1.95. The highest BCUT2D eigenvalue weighted by Gasteiger charge is 2.27. The molecular formula is C21H30N2O5S. The Labute approximate surface area is 172 Å². The minimum Gasteiger partial charge on any atom is -0.384 e. The average Bonchev–Trinajstić information content (AvgIpc) is 3.25. The fourth-order valence-corrected chi connectivity index (χ4v) is 5.22. The Kier molecular flexibility index (Phi) is 7.29. The maximum absolute atomic E-state index is 12.7. The Morgan fingerprint density at radius 2 is 1.59 bits per heavy atom. The van der Waals surface area contributed by atoms with Crippen molar-refractivity contribution in [3.63, 3.8) is 0 Å². The number of carbonyl (C=O) groups is 2. The smallest absolute Gasteiger partial charge is 0.253 e. The predicted octanol–water partition coefficient (Wildman–Crippen LogP) is 1.97. The molecule has 3 rings (SSSR count). The number of hydrogen-bond donors (Lipinski definition) is 0. The van der Waals surface area contributed by atoms with E-state index in [1.54, 1.807) is 17.0 Å². The molecule has 8 heteroatoms. The van der Waals surface area contributed by atoms with Crippen molar-refractivity contribution in [3.05, 3.63) is 29.8 Å². The van der Waals surface area contributed by atoms with Gasteiger partial charge in [0.15, 0.2) is 9.84 Å². The summed E-state index contributed by atoms with van der Waals surface area (Å²) >= 11 is 0. The SMILES string of the molecule is COCCS(=O)(=O)c1ccc(C(=O)N2CCN(C(=O)CC3CCCC3)CC2)cc1. The van der Waals surface area contributed by atoms with Crippen molar-refractivity contribution >= 4 is 21.7 Å². The van der Waals surface area contributed by atoms with E-state index in [9.17, 15) is 18.0 Å². The molecule has 0 spiro atoms. The van der Waals surface area contributed by atoms with E-state index in [2.05, 4.69) is 0 Å². The molecule has 1 heterocycles. The first kappa shape index (κ1) is 21.8. The van der Waals surface area contributed by atoms with Gasteiger partial charge in [-0.1, -0.05) is 12.8 Å². The van der Waals surface area contributed by atoms with Crippen LogP contribution in [0, 0.1) is 5.92 Å². The van der Waals surface area contributed by atoms with Crippen molar-refractivity contribution in [2.45, 2.75) is 37.0 Å². The van der Waals surface area contributed by atoms with Crippen LogP contribution >= 0.6 is 0 Å². The van der Waals surface area contributed by atoms with Crippen molar-refractivity contribution in [1.82, 2.24) is 9.80 Å². The molecule has 2 aliphatic rings. The summed E-state index contributed by atoms with van der Waals surface area (Å²) in [5.41, 5.74) is 0.460. The lowest BCUT2D eigenvalue weighted by Gasteiger charge is -2.35. The molecule has 2 fully saturated rings. The fourth-order valence-electron chi connectivity index (χ4n) is 4.05. The predicted molar refractivity (Wildman–Crippen MR) is 109 cm³/mol. The van der Waals surface area contributed by atoms with Crippen LogP contribution in [0.15, 0.2) is 29.2 Å². The molecule has 1 aliphatic carbocycles. The minimum atomic E-state index is -3.41. The van der Waals surface area contributed by atoms with Crippen LogP contribution in [0.2, 0.25) is 0 Å². The first-order valence-corrected chi connectivity index (χ1v) is 11.9. The van der Waals surface area contributed by atoms with Crippen molar-refractivity contribution in [1.29, 1.82) is 0 Å². The van der Waals surface area contributed by atoms with E-state index in [1.165, 1.54) is 32.1 Å². The zero-order valence-corrected chi connectivity index (χ0v) is 17.8. The molecule has 1 aliphatic heterocycles. The van der Waals surface area contributed by atoms with Crippen LogP contribution in [0.5, 0.6) is 0 Å². The van der Waals surface area contributed by atoms with Crippen molar-refractivity contribution in [3.8, 4) is 0 Å². The van der Waals surface area contributed by atoms with Crippen LogP contribution in [0.25, 0.3) is 0 Å². The largest absolute Gasteiger partial charge is 0.384 e. The van der Waals surface area contributed by atoms with Gasteiger partial charge < -0.3 is 14.5 Å². The second kappa shape index (κ2) is 9.71. The molecule has 1 aromatic carbocycles. The molecule has 1 aromatic rings. The first-order chi connectivity index (χ1) is 13.9. The number of rotatable bonds is 7. The lowest BCUT2D eigenvalue weighted by molar-refractivity contribution is -0.133. The van der Waals surface area contributed by atoms with E-state index in [0.29, 0.717) is 44.1 Å². The van der Waals surface area contributed by atoms with E-state index in [-0.39, 0.29) is 29.1 Å². The van der Waals surface area contributed by atoms with E-state index in [4.69, 9.17) is 4.74 Å². The van der Waals surface area contributed by atoms with Gasteiger partial charge in [0.2, 0.25) is 5.91 Å². The Bertz CT molecular complexity index is 808. The average molecular weight is 423 g/mol. The highest BCUT2D eigenvalue weighted by atomic mass is 32.2. The van der Waals surface area contributed by atoms with E-state index in [1.807, 2.05) is 4.90 Å². The van der Waals surface area contributed by atoms with Crippen molar-refractivity contribution in [2.75, 3.05) is 45.6 Å². The molecule has 0 aromatic heterocycles. The molecule has 160 valence electrons. The molecular weight excluding hydrogens is 392 g/mol. The molecule has 0 N–H and O–H groups in total. The highest BCUT2D eigenvalue weighted by molar-refractivity contribution is 7.91.